The van der Waals surface area contributed by atoms with Crippen molar-refractivity contribution in [2.75, 3.05) is 26.2 Å². The molecule has 2 fully saturated rings. The number of ether oxygens (including phenoxy) is 2. The van der Waals surface area contributed by atoms with Gasteiger partial charge in [0.05, 0.1) is 24.9 Å². The fourth-order valence-electron chi connectivity index (χ4n) is 3.33. The minimum Gasteiger partial charge on any atom is -0.377 e. The maximum absolute atomic E-state index is 12.3. The van der Waals surface area contributed by atoms with Gasteiger partial charge in [-0.3, -0.25) is 0 Å². The number of hydrogen-bond donors (Lipinski definition) is 1. The minimum absolute atomic E-state index is 0.0698. The van der Waals surface area contributed by atoms with Crippen molar-refractivity contribution in [3.05, 3.63) is 0 Å². The Hall–Kier alpha value is -0.210. The van der Waals surface area contributed by atoms with Crippen LogP contribution in [0.3, 0.4) is 0 Å². The Labute approximate surface area is 134 Å². The van der Waals surface area contributed by atoms with Gasteiger partial charge in [-0.25, -0.2) is 0 Å². The van der Waals surface area contributed by atoms with Gasteiger partial charge in [0, 0.05) is 19.6 Å². The van der Waals surface area contributed by atoms with Gasteiger partial charge in [0.1, 0.15) is 0 Å². The molecular weight excluding hydrogens is 304 g/mol. The number of rotatable bonds is 6. The monoisotopic (exact) mass is 334 g/mol. The lowest BCUT2D eigenvalue weighted by Gasteiger charge is -2.34. The first-order valence-corrected chi connectivity index (χ1v) is 9.84. The molecule has 0 spiro atoms. The lowest BCUT2D eigenvalue weighted by atomic mass is 9.88. The second kappa shape index (κ2) is 8.06. The molecule has 6 nitrogen and oxygen atoms in total. The molecule has 4 atom stereocenters. The largest absolute Gasteiger partial charge is 0.377 e. The Bertz CT molecular complexity index is 433. The van der Waals surface area contributed by atoms with E-state index in [-0.39, 0.29) is 18.3 Å². The SMILES string of the molecule is C[C@@H]1CN(S(=O)(=O)NCCO[C@@H]2CCCC[C@@H]2C)C[C@@H](C)O1. The Morgan fingerprint density at radius 1 is 1.14 bits per heavy atom. The minimum atomic E-state index is -3.44. The van der Waals surface area contributed by atoms with E-state index in [0.29, 0.717) is 32.2 Å². The van der Waals surface area contributed by atoms with E-state index in [4.69, 9.17) is 9.47 Å². The number of nitrogens with one attached hydrogen (secondary N) is 1. The maximum atomic E-state index is 12.3. The van der Waals surface area contributed by atoms with Gasteiger partial charge in [0.15, 0.2) is 0 Å². The molecule has 0 aromatic heterocycles. The van der Waals surface area contributed by atoms with E-state index in [1.807, 2.05) is 13.8 Å². The van der Waals surface area contributed by atoms with Gasteiger partial charge < -0.3 is 9.47 Å². The fourth-order valence-corrected chi connectivity index (χ4v) is 4.67. The summed E-state index contributed by atoms with van der Waals surface area (Å²) in [5.74, 6) is 0.575. The van der Waals surface area contributed by atoms with Crippen LogP contribution in [0.4, 0.5) is 0 Å². The summed E-state index contributed by atoms with van der Waals surface area (Å²) in [5.41, 5.74) is 0. The van der Waals surface area contributed by atoms with Crippen molar-refractivity contribution in [3.63, 3.8) is 0 Å². The summed E-state index contributed by atoms with van der Waals surface area (Å²) in [7, 11) is -3.44. The van der Waals surface area contributed by atoms with Crippen LogP contribution >= 0.6 is 0 Å². The third-order valence-electron chi connectivity index (χ3n) is 4.48. The zero-order valence-electron chi connectivity index (χ0n) is 14.0. The summed E-state index contributed by atoms with van der Waals surface area (Å²) in [6.07, 6.45) is 4.93. The molecule has 0 amide bonds. The summed E-state index contributed by atoms with van der Waals surface area (Å²) in [5, 5.41) is 0. The molecular formula is C15H30N2O4S. The van der Waals surface area contributed by atoms with Crippen LogP contribution in [0.25, 0.3) is 0 Å². The summed E-state index contributed by atoms with van der Waals surface area (Å²) < 4.78 is 40.1. The lowest BCUT2D eigenvalue weighted by Crippen LogP contribution is -2.52. The van der Waals surface area contributed by atoms with Gasteiger partial charge in [-0.1, -0.05) is 19.8 Å². The molecule has 1 aliphatic carbocycles. The zero-order valence-corrected chi connectivity index (χ0v) is 14.8. The molecule has 1 aliphatic heterocycles. The average molecular weight is 334 g/mol. The molecule has 2 rings (SSSR count). The molecule has 0 bridgehead atoms. The molecule has 0 unspecified atom stereocenters. The van der Waals surface area contributed by atoms with Crippen LogP contribution < -0.4 is 4.72 Å². The van der Waals surface area contributed by atoms with E-state index in [0.717, 1.165) is 6.42 Å². The summed E-state index contributed by atoms with van der Waals surface area (Å²) in [6.45, 7) is 7.57. The smallest absolute Gasteiger partial charge is 0.279 e. The van der Waals surface area contributed by atoms with Crippen LogP contribution in [0.2, 0.25) is 0 Å². The van der Waals surface area contributed by atoms with Gasteiger partial charge in [-0.2, -0.15) is 17.4 Å². The molecule has 1 saturated heterocycles. The molecule has 130 valence electrons. The molecule has 1 saturated carbocycles. The summed E-state index contributed by atoms with van der Waals surface area (Å²) >= 11 is 0. The van der Waals surface area contributed by atoms with Crippen LogP contribution in [-0.4, -0.2) is 57.3 Å². The molecule has 7 heteroatoms. The topological polar surface area (TPSA) is 67.9 Å². The molecule has 2 aliphatic rings. The van der Waals surface area contributed by atoms with Crippen molar-refractivity contribution in [2.24, 2.45) is 5.92 Å². The second-order valence-corrected chi connectivity index (χ2v) is 8.40. The summed E-state index contributed by atoms with van der Waals surface area (Å²) in [4.78, 5) is 0. The van der Waals surface area contributed by atoms with Gasteiger partial charge in [0.25, 0.3) is 10.2 Å². The Morgan fingerprint density at radius 2 is 1.77 bits per heavy atom. The van der Waals surface area contributed by atoms with E-state index < -0.39 is 10.2 Å². The van der Waals surface area contributed by atoms with Crippen molar-refractivity contribution in [3.8, 4) is 0 Å². The van der Waals surface area contributed by atoms with Gasteiger partial charge in [0.2, 0.25) is 0 Å². The van der Waals surface area contributed by atoms with Crippen LogP contribution in [-0.2, 0) is 19.7 Å². The first-order valence-electron chi connectivity index (χ1n) is 8.40. The van der Waals surface area contributed by atoms with E-state index in [2.05, 4.69) is 11.6 Å². The molecule has 1 heterocycles. The first kappa shape index (κ1) is 18.1. The highest BCUT2D eigenvalue weighted by Gasteiger charge is 2.30. The molecule has 1 N–H and O–H groups in total. The van der Waals surface area contributed by atoms with E-state index in [9.17, 15) is 8.42 Å². The Balaban J connectivity index is 1.73. The van der Waals surface area contributed by atoms with Gasteiger partial charge in [-0.15, -0.1) is 0 Å². The molecule has 22 heavy (non-hydrogen) atoms. The molecule has 0 aromatic carbocycles. The van der Waals surface area contributed by atoms with Gasteiger partial charge >= 0.3 is 0 Å². The number of nitrogens with zero attached hydrogens (tertiary/aromatic N) is 1. The van der Waals surface area contributed by atoms with Crippen molar-refractivity contribution >= 4 is 10.2 Å². The molecule has 0 radical (unpaired) electrons. The van der Waals surface area contributed by atoms with Crippen molar-refractivity contribution < 1.29 is 17.9 Å². The second-order valence-electron chi connectivity index (χ2n) is 6.64. The van der Waals surface area contributed by atoms with Crippen molar-refractivity contribution in [1.29, 1.82) is 0 Å². The van der Waals surface area contributed by atoms with Crippen LogP contribution in [0.5, 0.6) is 0 Å². The lowest BCUT2D eigenvalue weighted by molar-refractivity contribution is -0.0445. The Morgan fingerprint density at radius 3 is 2.41 bits per heavy atom. The van der Waals surface area contributed by atoms with Gasteiger partial charge in [-0.05, 0) is 32.6 Å². The van der Waals surface area contributed by atoms with E-state index >= 15 is 0 Å². The third-order valence-corrected chi connectivity index (χ3v) is 6.02. The summed E-state index contributed by atoms with van der Waals surface area (Å²) in [6, 6.07) is 0. The average Bonchev–Trinajstić information content (AvgIpc) is 2.44. The van der Waals surface area contributed by atoms with E-state index in [1.54, 1.807) is 0 Å². The highest BCUT2D eigenvalue weighted by molar-refractivity contribution is 7.87. The van der Waals surface area contributed by atoms with E-state index in [1.165, 1.54) is 23.6 Å². The highest BCUT2D eigenvalue weighted by Crippen LogP contribution is 2.26. The first-order chi connectivity index (χ1) is 10.4. The fraction of sp³-hybridized carbons (Fsp3) is 1.00. The quantitative estimate of drug-likeness (QED) is 0.748. The maximum Gasteiger partial charge on any atom is 0.279 e. The predicted molar refractivity (Wildman–Crippen MR) is 85.9 cm³/mol. The van der Waals surface area contributed by atoms with Crippen molar-refractivity contribution in [1.82, 2.24) is 9.03 Å². The zero-order chi connectivity index (χ0) is 16.2. The number of hydrogen-bond acceptors (Lipinski definition) is 4. The third kappa shape index (κ3) is 5.16. The Kier molecular flexibility index (Phi) is 6.64. The normalized spacial score (nSPS) is 34.7. The van der Waals surface area contributed by atoms with Crippen LogP contribution in [0.15, 0.2) is 0 Å². The highest BCUT2D eigenvalue weighted by atomic mass is 32.2. The molecule has 0 aromatic rings. The van der Waals surface area contributed by atoms with Crippen molar-refractivity contribution in [2.45, 2.75) is 64.8 Å². The standard InChI is InChI=1S/C15H30N2O4S/c1-12-6-4-5-7-15(12)20-9-8-16-22(18,19)17-10-13(2)21-14(3)11-17/h12-16H,4-11H2,1-3H3/t12-,13+,14+,15+/m0/s1. The predicted octanol–water partition coefficient (Wildman–Crippen LogP) is 1.53. The van der Waals surface area contributed by atoms with Crippen LogP contribution in [0, 0.1) is 5.92 Å². The number of morpholine rings is 1. The van der Waals surface area contributed by atoms with Crippen LogP contribution in [0.1, 0.15) is 46.5 Å².